The van der Waals surface area contributed by atoms with Crippen LogP contribution in [0.5, 0.6) is 0 Å². The third-order valence-electron chi connectivity index (χ3n) is 2.53. The molecule has 1 rings (SSSR count). The maximum absolute atomic E-state index is 11.4. The second-order valence-corrected chi connectivity index (χ2v) is 4.11. The molecule has 1 aromatic carbocycles. The molecule has 0 aliphatic heterocycles. The summed E-state index contributed by atoms with van der Waals surface area (Å²) in [5.41, 5.74) is 5.97. The van der Waals surface area contributed by atoms with E-state index in [1.54, 1.807) is 6.07 Å². The average Bonchev–Trinajstić information content (AvgIpc) is 2.19. The Morgan fingerprint density at radius 3 is 2.36 bits per heavy atom. The number of rotatable bonds is 1. The van der Waals surface area contributed by atoms with Crippen LogP contribution in [0.2, 0.25) is 0 Å². The van der Waals surface area contributed by atoms with E-state index in [2.05, 4.69) is 21.4 Å². The molecule has 3 nitrogen and oxygen atoms in total. The molecule has 76 valence electrons. The number of nitrogens with one attached hydrogen (secondary N) is 1. The molecular weight excluding hydrogens is 244 g/mol. The summed E-state index contributed by atoms with van der Waals surface area (Å²) in [5.74, 6) is 4.84. The Balaban J connectivity index is 3.40. The Kier molecular flexibility index (Phi) is 3.29. The Hall–Kier alpha value is -0.870. The number of nitrogen functional groups attached to an aromatic ring is 1. The zero-order chi connectivity index (χ0) is 10.9. The fraction of sp³-hybridized carbons (Fsp3) is 0.300. The van der Waals surface area contributed by atoms with E-state index in [0.29, 0.717) is 5.56 Å². The monoisotopic (exact) mass is 256 g/mol. The van der Waals surface area contributed by atoms with E-state index in [9.17, 15) is 4.79 Å². The molecule has 0 saturated heterocycles. The molecule has 0 fully saturated rings. The van der Waals surface area contributed by atoms with Gasteiger partial charge in [0.2, 0.25) is 0 Å². The molecule has 0 atom stereocenters. The first-order valence-corrected chi connectivity index (χ1v) is 5.05. The van der Waals surface area contributed by atoms with Gasteiger partial charge in [0.05, 0.1) is 0 Å². The number of hydrogen-bond acceptors (Lipinski definition) is 2. The van der Waals surface area contributed by atoms with Gasteiger partial charge < -0.3 is 0 Å². The van der Waals surface area contributed by atoms with Gasteiger partial charge in [0.25, 0.3) is 5.91 Å². The summed E-state index contributed by atoms with van der Waals surface area (Å²) in [7, 11) is 0. The van der Waals surface area contributed by atoms with E-state index in [-0.39, 0.29) is 5.91 Å². The third kappa shape index (κ3) is 1.81. The lowest BCUT2D eigenvalue weighted by Gasteiger charge is -2.11. The molecule has 0 aromatic heterocycles. The highest BCUT2D eigenvalue weighted by atomic mass is 79.9. The fourth-order valence-electron chi connectivity index (χ4n) is 1.32. The number of carbonyl (C=O) groups excluding carboxylic acids is 1. The summed E-state index contributed by atoms with van der Waals surface area (Å²) >= 11 is 3.41. The molecule has 1 amide bonds. The third-order valence-corrected chi connectivity index (χ3v) is 3.36. The molecule has 1 aromatic rings. The lowest BCUT2D eigenvalue weighted by Crippen LogP contribution is -2.30. The van der Waals surface area contributed by atoms with Crippen LogP contribution < -0.4 is 11.3 Å². The van der Waals surface area contributed by atoms with Crippen LogP contribution in [-0.2, 0) is 0 Å². The van der Waals surface area contributed by atoms with E-state index in [0.717, 1.165) is 21.2 Å². The largest absolute Gasteiger partial charge is 0.290 e. The number of hydrogen-bond donors (Lipinski definition) is 2. The van der Waals surface area contributed by atoms with Gasteiger partial charge in [-0.05, 0) is 43.5 Å². The van der Waals surface area contributed by atoms with Crippen molar-refractivity contribution in [1.29, 1.82) is 0 Å². The van der Waals surface area contributed by atoms with E-state index in [1.165, 1.54) is 0 Å². The maximum atomic E-state index is 11.4. The van der Waals surface area contributed by atoms with Crippen molar-refractivity contribution in [2.45, 2.75) is 20.8 Å². The van der Waals surface area contributed by atoms with Crippen LogP contribution in [0.15, 0.2) is 10.5 Å². The number of hydrazine groups is 1. The highest BCUT2D eigenvalue weighted by Crippen LogP contribution is 2.25. The molecule has 0 spiro atoms. The normalized spacial score (nSPS) is 10.1. The van der Waals surface area contributed by atoms with E-state index in [1.807, 2.05) is 20.8 Å². The Labute approximate surface area is 91.8 Å². The van der Waals surface area contributed by atoms with Crippen LogP contribution in [0.3, 0.4) is 0 Å². The van der Waals surface area contributed by atoms with Gasteiger partial charge >= 0.3 is 0 Å². The lowest BCUT2D eigenvalue weighted by molar-refractivity contribution is 0.0953. The van der Waals surface area contributed by atoms with Crippen LogP contribution in [0.1, 0.15) is 27.0 Å². The number of nitrogens with two attached hydrogens (primary N) is 1. The second-order valence-electron chi connectivity index (χ2n) is 3.25. The summed E-state index contributed by atoms with van der Waals surface area (Å²) in [5, 5.41) is 0. The maximum Gasteiger partial charge on any atom is 0.265 e. The van der Waals surface area contributed by atoms with E-state index < -0.39 is 0 Å². The summed E-state index contributed by atoms with van der Waals surface area (Å²) in [6, 6.07) is 1.79. The highest BCUT2D eigenvalue weighted by molar-refractivity contribution is 9.10. The topological polar surface area (TPSA) is 55.1 Å². The first-order valence-electron chi connectivity index (χ1n) is 4.26. The van der Waals surface area contributed by atoms with E-state index >= 15 is 0 Å². The lowest BCUT2D eigenvalue weighted by atomic mass is 9.98. The predicted molar refractivity (Wildman–Crippen MR) is 60.0 cm³/mol. The molecule has 0 bridgehead atoms. The van der Waals surface area contributed by atoms with Gasteiger partial charge in [-0.2, -0.15) is 0 Å². The minimum absolute atomic E-state index is 0.258. The molecule has 0 aliphatic carbocycles. The molecular formula is C10H13BrN2O. The SMILES string of the molecule is Cc1c(Br)cc(C(=O)NN)c(C)c1C. The summed E-state index contributed by atoms with van der Waals surface area (Å²) in [6.07, 6.45) is 0. The van der Waals surface area contributed by atoms with Crippen molar-refractivity contribution in [1.82, 2.24) is 5.43 Å². The van der Waals surface area contributed by atoms with Crippen molar-refractivity contribution in [3.63, 3.8) is 0 Å². The average molecular weight is 257 g/mol. The minimum atomic E-state index is -0.258. The molecule has 14 heavy (non-hydrogen) atoms. The molecule has 0 unspecified atom stereocenters. The molecule has 4 heteroatoms. The van der Waals surface area contributed by atoms with Gasteiger partial charge in [-0.15, -0.1) is 0 Å². The van der Waals surface area contributed by atoms with Crippen LogP contribution in [0.4, 0.5) is 0 Å². The smallest absolute Gasteiger partial charge is 0.265 e. The second kappa shape index (κ2) is 4.11. The summed E-state index contributed by atoms with van der Waals surface area (Å²) < 4.78 is 0.930. The zero-order valence-electron chi connectivity index (χ0n) is 8.44. The predicted octanol–water partition coefficient (Wildman–Crippen LogP) is 1.98. The van der Waals surface area contributed by atoms with Crippen LogP contribution >= 0.6 is 15.9 Å². The summed E-state index contributed by atoms with van der Waals surface area (Å²) in [6.45, 7) is 5.92. The zero-order valence-corrected chi connectivity index (χ0v) is 10.0. The molecule has 0 saturated carbocycles. The van der Waals surface area contributed by atoms with Gasteiger partial charge in [-0.1, -0.05) is 15.9 Å². The number of carbonyl (C=O) groups is 1. The van der Waals surface area contributed by atoms with Crippen LogP contribution in [0.25, 0.3) is 0 Å². The van der Waals surface area contributed by atoms with Crippen molar-refractivity contribution in [3.8, 4) is 0 Å². The van der Waals surface area contributed by atoms with Gasteiger partial charge in [0.1, 0.15) is 0 Å². The Morgan fingerprint density at radius 2 is 1.86 bits per heavy atom. The molecule has 0 aliphatic rings. The number of benzene rings is 1. The van der Waals surface area contributed by atoms with Crippen molar-refractivity contribution in [2.24, 2.45) is 5.84 Å². The van der Waals surface area contributed by atoms with Gasteiger partial charge in [-0.25, -0.2) is 5.84 Å². The van der Waals surface area contributed by atoms with Gasteiger partial charge in [-0.3, -0.25) is 10.2 Å². The van der Waals surface area contributed by atoms with Crippen molar-refractivity contribution < 1.29 is 4.79 Å². The summed E-state index contributed by atoms with van der Waals surface area (Å²) in [4.78, 5) is 11.4. The number of amides is 1. The fourth-order valence-corrected chi connectivity index (χ4v) is 1.85. The molecule has 3 N–H and O–H groups in total. The van der Waals surface area contributed by atoms with Gasteiger partial charge in [0, 0.05) is 10.0 Å². The minimum Gasteiger partial charge on any atom is -0.290 e. The molecule has 0 heterocycles. The standard InChI is InChI=1S/C10H13BrN2O/c1-5-6(2)8(10(14)13-12)4-9(11)7(5)3/h4H,12H2,1-3H3,(H,13,14). The Bertz CT molecular complexity index is 388. The first kappa shape index (κ1) is 11.2. The number of halogens is 1. The Morgan fingerprint density at radius 1 is 1.29 bits per heavy atom. The van der Waals surface area contributed by atoms with Crippen molar-refractivity contribution in [2.75, 3.05) is 0 Å². The van der Waals surface area contributed by atoms with Gasteiger partial charge in [0.15, 0.2) is 0 Å². The first-order chi connectivity index (χ1) is 6.49. The molecule has 0 radical (unpaired) electrons. The van der Waals surface area contributed by atoms with Crippen molar-refractivity contribution in [3.05, 3.63) is 32.8 Å². The van der Waals surface area contributed by atoms with Crippen LogP contribution in [0, 0.1) is 20.8 Å². The highest BCUT2D eigenvalue weighted by Gasteiger charge is 2.12. The van der Waals surface area contributed by atoms with Crippen LogP contribution in [-0.4, -0.2) is 5.91 Å². The van der Waals surface area contributed by atoms with Crippen molar-refractivity contribution >= 4 is 21.8 Å². The quantitative estimate of drug-likeness (QED) is 0.459. The van der Waals surface area contributed by atoms with E-state index in [4.69, 9.17) is 5.84 Å².